The van der Waals surface area contributed by atoms with Gasteiger partial charge in [0, 0.05) is 24.7 Å². The van der Waals surface area contributed by atoms with Gasteiger partial charge in [0.05, 0.1) is 0 Å². The zero-order valence-corrected chi connectivity index (χ0v) is 14.9. The first kappa shape index (κ1) is 19.4. The van der Waals surface area contributed by atoms with Gasteiger partial charge in [-0.1, -0.05) is 12.1 Å². The Bertz CT molecular complexity index is 747. The van der Waals surface area contributed by atoms with Crippen molar-refractivity contribution < 1.29 is 14.7 Å². The van der Waals surface area contributed by atoms with Crippen LogP contribution in [-0.4, -0.2) is 28.5 Å². The summed E-state index contributed by atoms with van der Waals surface area (Å²) in [6, 6.07) is 11.2. The molecule has 2 aromatic rings. The third kappa shape index (κ3) is 5.88. The third-order valence-electron chi connectivity index (χ3n) is 4.29. The fourth-order valence-corrected chi connectivity index (χ4v) is 3.03. The van der Waals surface area contributed by atoms with E-state index in [9.17, 15) is 9.59 Å². The molecule has 0 aliphatic heterocycles. The molecule has 1 aromatic carbocycles. The number of carboxylic acid groups (broad SMARTS) is 1. The number of carbonyl (C=O) groups excluding carboxylic acids is 1. The van der Waals surface area contributed by atoms with Crippen LogP contribution in [0.5, 0.6) is 0 Å². The number of benzene rings is 1. The number of nitrogen functional groups attached to an aromatic ring is 1. The largest absolute Gasteiger partial charge is 0.481 e. The zero-order valence-electron chi connectivity index (χ0n) is 14.9. The Morgan fingerprint density at radius 1 is 1.27 bits per heavy atom. The second-order valence-electron chi connectivity index (χ2n) is 6.30. The number of pyridine rings is 1. The minimum absolute atomic E-state index is 0.0436. The molecule has 1 unspecified atom stereocenters. The summed E-state index contributed by atoms with van der Waals surface area (Å²) in [5, 5.41) is 11.6. The normalized spacial score (nSPS) is 15.2. The zero-order chi connectivity index (χ0) is 18.9. The number of nitrogens with two attached hydrogens (primary N) is 1. The number of aliphatic carboxylic acids is 1. The van der Waals surface area contributed by atoms with E-state index in [1.54, 1.807) is 12.3 Å². The molecule has 3 rings (SSSR count). The number of hydrogen-bond acceptors (Lipinski definition) is 4. The number of carbonyl (C=O) groups is 2. The van der Waals surface area contributed by atoms with E-state index >= 15 is 0 Å². The van der Waals surface area contributed by atoms with Crippen molar-refractivity contribution in [3.63, 3.8) is 0 Å². The van der Waals surface area contributed by atoms with E-state index in [-0.39, 0.29) is 18.2 Å². The number of nitrogens with one attached hydrogen (secondary N) is 1. The number of rotatable bonds is 4. The van der Waals surface area contributed by atoms with E-state index in [0.29, 0.717) is 17.9 Å². The van der Waals surface area contributed by atoms with Crippen LogP contribution in [0, 0.1) is 5.92 Å². The maximum atomic E-state index is 11.8. The second kappa shape index (κ2) is 9.56. The summed E-state index contributed by atoms with van der Waals surface area (Å²) in [7, 11) is 0. The van der Waals surface area contributed by atoms with Crippen LogP contribution in [0.15, 0.2) is 42.6 Å². The molecular weight excluding hydrogens is 330 g/mol. The fraction of sp³-hybridized carbons (Fsp3) is 0.350. The van der Waals surface area contributed by atoms with E-state index in [4.69, 9.17) is 10.8 Å². The van der Waals surface area contributed by atoms with E-state index in [1.165, 1.54) is 11.1 Å². The first-order valence-electron chi connectivity index (χ1n) is 8.78. The summed E-state index contributed by atoms with van der Waals surface area (Å²) in [6.07, 6.45) is 4.45. The van der Waals surface area contributed by atoms with Crippen LogP contribution in [0.3, 0.4) is 0 Å². The van der Waals surface area contributed by atoms with E-state index in [0.717, 1.165) is 19.3 Å². The number of amides is 1. The van der Waals surface area contributed by atoms with Crippen LogP contribution in [0.2, 0.25) is 0 Å². The predicted octanol–water partition coefficient (Wildman–Crippen LogP) is 2.68. The summed E-state index contributed by atoms with van der Waals surface area (Å²) in [5.74, 6) is 0.0215. The predicted molar refractivity (Wildman–Crippen MR) is 101 cm³/mol. The minimum Gasteiger partial charge on any atom is -0.481 e. The van der Waals surface area contributed by atoms with Gasteiger partial charge in [-0.25, -0.2) is 4.98 Å². The molecule has 4 N–H and O–H groups in total. The molecule has 0 spiro atoms. The van der Waals surface area contributed by atoms with Crippen LogP contribution in [0.25, 0.3) is 0 Å². The van der Waals surface area contributed by atoms with Crippen molar-refractivity contribution in [1.29, 1.82) is 0 Å². The maximum absolute atomic E-state index is 11.8. The van der Waals surface area contributed by atoms with Crippen LogP contribution >= 0.6 is 0 Å². The highest BCUT2D eigenvalue weighted by molar-refractivity contribution is 5.94. The van der Waals surface area contributed by atoms with E-state index < -0.39 is 5.97 Å². The van der Waals surface area contributed by atoms with Gasteiger partial charge in [-0.05, 0) is 67.5 Å². The van der Waals surface area contributed by atoms with Gasteiger partial charge in [-0.2, -0.15) is 0 Å². The van der Waals surface area contributed by atoms with Crippen molar-refractivity contribution in [1.82, 2.24) is 10.3 Å². The molecule has 0 saturated heterocycles. The van der Waals surface area contributed by atoms with Crippen molar-refractivity contribution in [3.05, 3.63) is 59.3 Å². The van der Waals surface area contributed by atoms with Crippen molar-refractivity contribution in [2.45, 2.75) is 32.6 Å². The standard InChI is InChI=1S/C15H19NO3.C5H6N2/c1-2-16-15(19)13-6-5-11-7-10(8-14(17)18)3-4-12(11)9-13;6-5-3-1-2-4-7-5/h5-6,9-10H,2-4,7-8H2,1H3,(H,16,19)(H,17,18);1-4H,(H2,6,7). The molecular formula is C20H25N3O3. The fourth-order valence-electron chi connectivity index (χ4n) is 3.03. The monoisotopic (exact) mass is 355 g/mol. The average Bonchev–Trinajstić information content (AvgIpc) is 2.62. The lowest BCUT2D eigenvalue weighted by molar-refractivity contribution is -0.138. The maximum Gasteiger partial charge on any atom is 0.303 e. The quantitative estimate of drug-likeness (QED) is 0.782. The molecule has 0 radical (unpaired) electrons. The van der Waals surface area contributed by atoms with Gasteiger partial charge in [0.25, 0.3) is 5.91 Å². The van der Waals surface area contributed by atoms with Gasteiger partial charge in [0.15, 0.2) is 0 Å². The highest BCUT2D eigenvalue weighted by Gasteiger charge is 2.21. The lowest BCUT2D eigenvalue weighted by atomic mass is 9.81. The van der Waals surface area contributed by atoms with Crippen LogP contribution in [0.1, 0.15) is 41.3 Å². The van der Waals surface area contributed by atoms with E-state index in [1.807, 2.05) is 37.3 Å². The molecule has 138 valence electrons. The molecule has 1 aliphatic carbocycles. The number of carboxylic acids is 1. The second-order valence-corrected chi connectivity index (χ2v) is 6.30. The van der Waals surface area contributed by atoms with Gasteiger partial charge in [-0.3, -0.25) is 9.59 Å². The minimum atomic E-state index is -0.729. The molecule has 26 heavy (non-hydrogen) atoms. The molecule has 6 nitrogen and oxygen atoms in total. The lowest BCUT2D eigenvalue weighted by Crippen LogP contribution is -2.23. The Morgan fingerprint density at radius 2 is 2.08 bits per heavy atom. The number of hydrogen-bond donors (Lipinski definition) is 3. The summed E-state index contributed by atoms with van der Waals surface area (Å²) in [4.78, 5) is 26.3. The number of aryl methyl sites for hydroxylation is 1. The smallest absolute Gasteiger partial charge is 0.303 e. The summed E-state index contributed by atoms with van der Waals surface area (Å²) in [6.45, 7) is 2.52. The van der Waals surface area contributed by atoms with Crippen molar-refractivity contribution in [2.24, 2.45) is 5.92 Å². The molecule has 6 heteroatoms. The third-order valence-corrected chi connectivity index (χ3v) is 4.29. The molecule has 1 aromatic heterocycles. The summed E-state index contributed by atoms with van der Waals surface area (Å²) >= 11 is 0. The summed E-state index contributed by atoms with van der Waals surface area (Å²) in [5.41, 5.74) is 8.31. The molecule has 1 aliphatic rings. The topological polar surface area (TPSA) is 105 Å². The average molecular weight is 355 g/mol. The SMILES string of the molecule is CCNC(=O)c1ccc2c(c1)CCC(CC(=O)O)C2.Nc1ccccn1. The molecule has 1 heterocycles. The van der Waals surface area contributed by atoms with E-state index in [2.05, 4.69) is 10.3 Å². The molecule has 0 saturated carbocycles. The molecule has 1 amide bonds. The molecule has 1 atom stereocenters. The van der Waals surface area contributed by atoms with Crippen LogP contribution < -0.4 is 11.1 Å². The van der Waals surface area contributed by atoms with Gasteiger partial charge in [0.1, 0.15) is 5.82 Å². The number of aromatic nitrogens is 1. The Hall–Kier alpha value is -2.89. The summed E-state index contributed by atoms with van der Waals surface area (Å²) < 4.78 is 0. The van der Waals surface area contributed by atoms with Gasteiger partial charge in [-0.15, -0.1) is 0 Å². The number of nitrogens with zero attached hydrogens (tertiary/aromatic N) is 1. The highest BCUT2D eigenvalue weighted by atomic mass is 16.4. The lowest BCUT2D eigenvalue weighted by Gasteiger charge is -2.23. The van der Waals surface area contributed by atoms with Crippen LogP contribution in [0.4, 0.5) is 5.82 Å². The highest BCUT2D eigenvalue weighted by Crippen LogP contribution is 2.28. The van der Waals surface area contributed by atoms with Crippen molar-refractivity contribution >= 4 is 17.7 Å². The van der Waals surface area contributed by atoms with Gasteiger partial charge < -0.3 is 16.2 Å². The Labute approximate surface area is 153 Å². The molecule has 0 fully saturated rings. The van der Waals surface area contributed by atoms with Gasteiger partial charge in [0.2, 0.25) is 0 Å². The van der Waals surface area contributed by atoms with Gasteiger partial charge >= 0.3 is 5.97 Å². The molecule has 0 bridgehead atoms. The first-order valence-corrected chi connectivity index (χ1v) is 8.78. The Balaban J connectivity index is 0.000000290. The van der Waals surface area contributed by atoms with Crippen molar-refractivity contribution in [2.75, 3.05) is 12.3 Å². The Morgan fingerprint density at radius 3 is 2.65 bits per heavy atom. The number of anilines is 1. The number of fused-ring (bicyclic) bond motifs is 1. The van der Waals surface area contributed by atoms with Crippen LogP contribution in [-0.2, 0) is 17.6 Å². The van der Waals surface area contributed by atoms with Crippen molar-refractivity contribution in [3.8, 4) is 0 Å². The first-order chi connectivity index (χ1) is 12.5. The Kier molecular flexibility index (Phi) is 7.14.